The molecule has 0 amide bonds. The zero-order chi connectivity index (χ0) is 12.6. The molecule has 2 aromatic rings. The molecule has 0 aromatic carbocycles. The molecule has 0 saturated heterocycles. The summed E-state index contributed by atoms with van der Waals surface area (Å²) in [5, 5.41) is 7.06. The lowest BCUT2D eigenvalue weighted by atomic mass is 10.2. The van der Waals surface area contributed by atoms with E-state index < -0.39 is 11.7 Å². The predicted molar refractivity (Wildman–Crippen MR) is 52.8 cm³/mol. The third-order valence-electron chi connectivity index (χ3n) is 2.04. The number of pyridine rings is 1. The highest BCUT2D eigenvalue weighted by atomic mass is 19.4. The van der Waals surface area contributed by atoms with Crippen molar-refractivity contribution in [3.8, 4) is 11.5 Å². The van der Waals surface area contributed by atoms with Crippen LogP contribution in [0.4, 0.5) is 19.1 Å². The van der Waals surface area contributed by atoms with Crippen molar-refractivity contribution in [1.29, 1.82) is 0 Å². The lowest BCUT2D eigenvalue weighted by Gasteiger charge is -2.06. The van der Waals surface area contributed by atoms with Crippen LogP contribution in [0.15, 0.2) is 18.3 Å². The first kappa shape index (κ1) is 11.2. The van der Waals surface area contributed by atoms with Gasteiger partial charge in [0.1, 0.15) is 5.69 Å². The molecule has 0 spiro atoms. The molecule has 0 aliphatic carbocycles. The number of rotatable bonds is 1. The van der Waals surface area contributed by atoms with E-state index in [1.165, 1.54) is 0 Å². The van der Waals surface area contributed by atoms with Gasteiger partial charge in [-0.15, -0.1) is 10.2 Å². The number of nitrogens with two attached hydrogens (primary N) is 2. The molecule has 0 bridgehead atoms. The summed E-state index contributed by atoms with van der Waals surface area (Å²) in [6.07, 6.45) is -3.73. The summed E-state index contributed by atoms with van der Waals surface area (Å²) in [4.78, 5) is 3.61. The van der Waals surface area contributed by atoms with Crippen molar-refractivity contribution in [3.05, 3.63) is 23.9 Å². The van der Waals surface area contributed by atoms with Crippen LogP contribution in [0.1, 0.15) is 5.56 Å². The van der Waals surface area contributed by atoms with Crippen molar-refractivity contribution >= 4 is 5.95 Å². The van der Waals surface area contributed by atoms with Gasteiger partial charge in [-0.2, -0.15) is 13.2 Å². The maximum atomic E-state index is 12.3. The van der Waals surface area contributed by atoms with Crippen LogP contribution in [0.5, 0.6) is 0 Å². The van der Waals surface area contributed by atoms with Gasteiger partial charge in [-0.05, 0) is 12.1 Å². The second kappa shape index (κ2) is 3.61. The third-order valence-corrected chi connectivity index (χ3v) is 2.04. The zero-order valence-electron chi connectivity index (χ0n) is 8.31. The largest absolute Gasteiger partial charge is 0.417 e. The standard InChI is InChI=1S/C8H7F3N6/c9-8(10,11)4-1-2-5(14-3-4)6-15-16-7(12)17(6)13/h1-3H,13H2,(H2,12,16). The molecule has 2 heterocycles. The van der Waals surface area contributed by atoms with Gasteiger partial charge >= 0.3 is 6.18 Å². The van der Waals surface area contributed by atoms with Gasteiger partial charge in [-0.25, -0.2) is 4.68 Å². The summed E-state index contributed by atoms with van der Waals surface area (Å²) in [5.41, 5.74) is 4.64. The minimum atomic E-state index is -4.43. The van der Waals surface area contributed by atoms with Crippen molar-refractivity contribution < 1.29 is 13.2 Å². The predicted octanol–water partition coefficient (Wildman–Crippen LogP) is 0.655. The molecule has 4 N–H and O–H groups in total. The van der Waals surface area contributed by atoms with Gasteiger partial charge in [0.25, 0.3) is 0 Å². The maximum absolute atomic E-state index is 12.3. The van der Waals surface area contributed by atoms with Gasteiger partial charge in [0.05, 0.1) is 5.56 Å². The number of alkyl halides is 3. The van der Waals surface area contributed by atoms with Gasteiger partial charge in [-0.1, -0.05) is 0 Å². The van der Waals surface area contributed by atoms with E-state index >= 15 is 0 Å². The smallest absolute Gasteiger partial charge is 0.366 e. The van der Waals surface area contributed by atoms with Crippen molar-refractivity contribution in [3.63, 3.8) is 0 Å². The topological polar surface area (TPSA) is 95.6 Å². The van der Waals surface area contributed by atoms with E-state index in [1.54, 1.807) is 0 Å². The van der Waals surface area contributed by atoms with Crippen LogP contribution in [0.2, 0.25) is 0 Å². The van der Waals surface area contributed by atoms with Crippen LogP contribution in [-0.2, 0) is 6.18 Å². The summed E-state index contributed by atoms with van der Waals surface area (Å²) < 4.78 is 37.8. The average molecular weight is 244 g/mol. The van der Waals surface area contributed by atoms with E-state index in [0.29, 0.717) is 6.20 Å². The fraction of sp³-hybridized carbons (Fsp3) is 0.125. The number of halogens is 3. The average Bonchev–Trinajstić information content (AvgIpc) is 2.59. The lowest BCUT2D eigenvalue weighted by Crippen LogP contribution is -2.14. The molecule has 0 saturated carbocycles. The first-order valence-electron chi connectivity index (χ1n) is 4.39. The molecular weight excluding hydrogens is 237 g/mol. The van der Waals surface area contributed by atoms with Crippen LogP contribution in [0, 0.1) is 0 Å². The van der Waals surface area contributed by atoms with Gasteiger partial charge in [0.15, 0.2) is 0 Å². The van der Waals surface area contributed by atoms with Crippen LogP contribution in [-0.4, -0.2) is 19.9 Å². The third kappa shape index (κ3) is 1.98. The van der Waals surface area contributed by atoms with Gasteiger partial charge in [-0.3, -0.25) is 4.98 Å². The number of anilines is 1. The van der Waals surface area contributed by atoms with Crippen LogP contribution < -0.4 is 11.6 Å². The Morgan fingerprint density at radius 3 is 2.29 bits per heavy atom. The summed E-state index contributed by atoms with van der Waals surface area (Å²) in [5.74, 6) is 5.50. The van der Waals surface area contributed by atoms with Crippen molar-refractivity contribution in [2.45, 2.75) is 6.18 Å². The number of nitrogen functional groups attached to an aromatic ring is 2. The molecule has 2 aromatic heterocycles. The van der Waals surface area contributed by atoms with E-state index in [0.717, 1.165) is 16.8 Å². The molecule has 90 valence electrons. The fourth-order valence-electron chi connectivity index (χ4n) is 1.17. The van der Waals surface area contributed by atoms with E-state index in [4.69, 9.17) is 11.6 Å². The van der Waals surface area contributed by atoms with Gasteiger partial charge < -0.3 is 11.6 Å². The Bertz CT molecular complexity index is 529. The normalized spacial score (nSPS) is 11.7. The monoisotopic (exact) mass is 244 g/mol. The van der Waals surface area contributed by atoms with E-state index in [2.05, 4.69) is 15.2 Å². The van der Waals surface area contributed by atoms with Crippen LogP contribution in [0.25, 0.3) is 11.5 Å². The molecular formula is C8H7F3N6. The Hall–Kier alpha value is -2.32. The van der Waals surface area contributed by atoms with Gasteiger partial charge in [0.2, 0.25) is 11.8 Å². The van der Waals surface area contributed by atoms with Crippen LogP contribution >= 0.6 is 0 Å². The highest BCUT2D eigenvalue weighted by Gasteiger charge is 2.30. The molecule has 0 atom stereocenters. The van der Waals surface area contributed by atoms with Crippen molar-refractivity contribution in [2.24, 2.45) is 0 Å². The number of nitrogens with zero attached hydrogens (tertiary/aromatic N) is 4. The summed E-state index contributed by atoms with van der Waals surface area (Å²) in [6.45, 7) is 0. The van der Waals surface area contributed by atoms with Gasteiger partial charge in [0, 0.05) is 6.20 Å². The number of hydrogen-bond acceptors (Lipinski definition) is 5. The summed E-state index contributed by atoms with van der Waals surface area (Å²) >= 11 is 0. The Kier molecular flexibility index (Phi) is 2.37. The molecule has 17 heavy (non-hydrogen) atoms. The Balaban J connectivity index is 2.40. The summed E-state index contributed by atoms with van der Waals surface area (Å²) in [6, 6.07) is 2.03. The summed E-state index contributed by atoms with van der Waals surface area (Å²) in [7, 11) is 0. The van der Waals surface area contributed by atoms with Crippen molar-refractivity contribution in [1.82, 2.24) is 19.9 Å². The molecule has 2 rings (SSSR count). The minimum absolute atomic E-state index is 0.0540. The maximum Gasteiger partial charge on any atom is 0.417 e. The lowest BCUT2D eigenvalue weighted by molar-refractivity contribution is -0.137. The molecule has 0 aliphatic rings. The molecule has 0 radical (unpaired) electrons. The van der Waals surface area contributed by atoms with E-state index in [1.807, 2.05) is 0 Å². The second-order valence-corrected chi connectivity index (χ2v) is 3.18. The quantitative estimate of drug-likeness (QED) is 0.718. The first-order valence-corrected chi connectivity index (χ1v) is 4.39. The Labute approximate surface area is 93.0 Å². The molecule has 0 aliphatic heterocycles. The number of hydrogen-bond donors (Lipinski definition) is 2. The zero-order valence-corrected chi connectivity index (χ0v) is 8.31. The molecule has 6 nitrogen and oxygen atoms in total. The van der Waals surface area contributed by atoms with E-state index in [-0.39, 0.29) is 17.5 Å². The van der Waals surface area contributed by atoms with E-state index in [9.17, 15) is 13.2 Å². The molecule has 0 fully saturated rings. The Morgan fingerprint density at radius 1 is 1.18 bits per heavy atom. The highest BCUT2D eigenvalue weighted by molar-refractivity contribution is 5.51. The fourth-order valence-corrected chi connectivity index (χ4v) is 1.17. The molecule has 9 heteroatoms. The minimum Gasteiger partial charge on any atom is -0.366 e. The van der Waals surface area contributed by atoms with Crippen LogP contribution in [0.3, 0.4) is 0 Å². The van der Waals surface area contributed by atoms with Crippen molar-refractivity contribution in [2.75, 3.05) is 11.6 Å². The first-order chi connectivity index (χ1) is 7.89. The Morgan fingerprint density at radius 2 is 1.88 bits per heavy atom. The molecule has 0 unspecified atom stereocenters. The highest BCUT2D eigenvalue weighted by Crippen LogP contribution is 2.29. The second-order valence-electron chi connectivity index (χ2n) is 3.18. The number of aromatic nitrogens is 4. The SMILES string of the molecule is Nc1nnc(-c2ccc(C(F)(F)F)cn2)n1N.